The molecule has 126 valence electrons. The molecule has 4 nitrogen and oxygen atoms in total. The molecule has 3 aromatic rings. The van der Waals surface area contributed by atoms with Crippen LogP contribution in [0.3, 0.4) is 0 Å². The molecule has 0 N–H and O–H groups in total. The van der Waals surface area contributed by atoms with Gasteiger partial charge in [-0.15, -0.1) is 0 Å². The molecule has 0 saturated carbocycles. The molecule has 5 heteroatoms. The molecule has 25 heavy (non-hydrogen) atoms. The van der Waals surface area contributed by atoms with Crippen molar-refractivity contribution in [1.29, 1.82) is 0 Å². The van der Waals surface area contributed by atoms with E-state index in [1.807, 2.05) is 42.5 Å². The summed E-state index contributed by atoms with van der Waals surface area (Å²) in [5.74, 6) is 0.582. The molecule has 0 atom stereocenters. The largest absolute Gasteiger partial charge is 0.488 e. The molecule has 0 spiro atoms. The van der Waals surface area contributed by atoms with E-state index < -0.39 is 10.0 Å². The van der Waals surface area contributed by atoms with E-state index in [1.165, 1.54) is 18.3 Å². The molecule has 0 bridgehead atoms. The van der Waals surface area contributed by atoms with Crippen LogP contribution in [-0.4, -0.2) is 14.6 Å². The van der Waals surface area contributed by atoms with Gasteiger partial charge in [-0.3, -0.25) is 0 Å². The van der Waals surface area contributed by atoms with Gasteiger partial charge in [0.05, 0.1) is 11.1 Å². The minimum absolute atomic E-state index is 0.161. The second-order valence-corrected chi connectivity index (χ2v) is 6.97. The van der Waals surface area contributed by atoms with Gasteiger partial charge in [-0.05, 0) is 29.8 Å². The van der Waals surface area contributed by atoms with Gasteiger partial charge in [-0.2, -0.15) is 12.8 Å². The third-order valence-corrected chi connectivity index (χ3v) is 4.78. The molecular weight excluding hydrogens is 334 g/mol. The summed E-state index contributed by atoms with van der Waals surface area (Å²) in [5, 5.41) is 0. The van der Waals surface area contributed by atoms with Gasteiger partial charge in [0.1, 0.15) is 12.4 Å². The summed E-state index contributed by atoms with van der Waals surface area (Å²) in [4.78, 5) is 0.161. The third kappa shape index (κ3) is 4.55. The lowest BCUT2D eigenvalue weighted by Gasteiger charge is -2.09. The Hall–Kier alpha value is -2.92. The Morgan fingerprint density at radius 3 is 2.12 bits per heavy atom. The molecule has 0 radical (unpaired) electrons. The highest BCUT2D eigenvalue weighted by Crippen LogP contribution is 2.19. The molecule has 0 fully saturated rings. The highest BCUT2D eigenvalue weighted by atomic mass is 32.2. The number of hydrogen-bond acceptors (Lipinski definition) is 3. The molecule has 3 rings (SSSR count). The van der Waals surface area contributed by atoms with Crippen molar-refractivity contribution in [3.8, 4) is 5.75 Å². The van der Waals surface area contributed by atoms with Crippen molar-refractivity contribution in [3.05, 3.63) is 96.1 Å². The summed E-state index contributed by atoms with van der Waals surface area (Å²) in [6.45, 7) is 0.400. The average Bonchev–Trinajstić information content (AvgIpc) is 2.67. The molecule has 0 heterocycles. The standard InChI is InChI=1S/C20H17NO3S/c22-25(23,19-12-5-2-6-13-19)21-15-18-11-7-8-14-20(18)24-16-17-9-3-1-4-10-17/h1-15H,16H2/b21-15-. The van der Waals surface area contributed by atoms with Gasteiger partial charge in [0.2, 0.25) is 0 Å². The summed E-state index contributed by atoms with van der Waals surface area (Å²) in [5.41, 5.74) is 1.64. The maximum Gasteiger partial charge on any atom is 0.282 e. The summed E-state index contributed by atoms with van der Waals surface area (Å²) in [6, 6.07) is 25.1. The van der Waals surface area contributed by atoms with Gasteiger partial charge in [0, 0.05) is 5.56 Å². The Bertz CT molecular complexity index is 953. The van der Waals surface area contributed by atoms with Crippen LogP contribution >= 0.6 is 0 Å². The van der Waals surface area contributed by atoms with Crippen LogP contribution in [0.25, 0.3) is 0 Å². The fraction of sp³-hybridized carbons (Fsp3) is 0.0500. The molecule has 0 aliphatic rings. The highest BCUT2D eigenvalue weighted by Gasteiger charge is 2.11. The summed E-state index contributed by atoms with van der Waals surface area (Å²) in [6.07, 6.45) is 1.32. The predicted octanol–water partition coefficient (Wildman–Crippen LogP) is 4.07. The summed E-state index contributed by atoms with van der Waals surface area (Å²) in [7, 11) is -3.73. The monoisotopic (exact) mass is 351 g/mol. The van der Waals surface area contributed by atoms with Crippen molar-refractivity contribution in [2.75, 3.05) is 0 Å². The van der Waals surface area contributed by atoms with Crippen LogP contribution < -0.4 is 4.74 Å². The topological polar surface area (TPSA) is 55.7 Å². The maximum absolute atomic E-state index is 12.3. The van der Waals surface area contributed by atoms with Crippen molar-refractivity contribution in [2.24, 2.45) is 4.40 Å². The van der Waals surface area contributed by atoms with Crippen molar-refractivity contribution in [1.82, 2.24) is 0 Å². The summed E-state index contributed by atoms with van der Waals surface area (Å²) >= 11 is 0. The first kappa shape index (κ1) is 16.9. The molecular formula is C20H17NO3S. The van der Waals surface area contributed by atoms with Crippen LogP contribution in [-0.2, 0) is 16.6 Å². The van der Waals surface area contributed by atoms with Crippen LogP contribution in [0.15, 0.2) is 94.2 Å². The van der Waals surface area contributed by atoms with Gasteiger partial charge in [0.15, 0.2) is 0 Å². The molecule has 0 aliphatic carbocycles. The Morgan fingerprint density at radius 1 is 0.800 bits per heavy atom. The zero-order chi connectivity index (χ0) is 17.5. The lowest BCUT2D eigenvalue weighted by atomic mass is 10.2. The van der Waals surface area contributed by atoms with Crippen molar-refractivity contribution in [3.63, 3.8) is 0 Å². The van der Waals surface area contributed by atoms with Crippen LogP contribution in [0.1, 0.15) is 11.1 Å². The van der Waals surface area contributed by atoms with E-state index in [0.717, 1.165) is 5.56 Å². The van der Waals surface area contributed by atoms with Gasteiger partial charge in [-0.1, -0.05) is 60.7 Å². The van der Waals surface area contributed by atoms with Crippen LogP contribution in [0.2, 0.25) is 0 Å². The number of para-hydroxylation sites is 1. The Morgan fingerprint density at radius 2 is 1.40 bits per heavy atom. The predicted molar refractivity (Wildman–Crippen MR) is 98.4 cm³/mol. The lowest BCUT2D eigenvalue weighted by molar-refractivity contribution is 0.306. The Labute approximate surface area is 147 Å². The normalized spacial score (nSPS) is 11.5. The van der Waals surface area contributed by atoms with Gasteiger partial charge in [0.25, 0.3) is 10.0 Å². The first-order chi connectivity index (χ1) is 12.1. The van der Waals surface area contributed by atoms with E-state index >= 15 is 0 Å². The van der Waals surface area contributed by atoms with E-state index in [4.69, 9.17) is 4.74 Å². The second kappa shape index (κ2) is 7.77. The molecule has 0 aromatic heterocycles. The SMILES string of the molecule is O=S(=O)(/N=C\c1ccccc1OCc1ccccc1)c1ccccc1. The maximum atomic E-state index is 12.3. The van der Waals surface area contributed by atoms with E-state index in [2.05, 4.69) is 4.40 Å². The van der Waals surface area contributed by atoms with Crippen molar-refractivity contribution in [2.45, 2.75) is 11.5 Å². The second-order valence-electron chi connectivity index (χ2n) is 5.33. The Kier molecular flexibility index (Phi) is 5.26. The van der Waals surface area contributed by atoms with Crippen LogP contribution in [0.4, 0.5) is 0 Å². The molecule has 0 saturated heterocycles. The minimum atomic E-state index is -3.73. The van der Waals surface area contributed by atoms with E-state index in [0.29, 0.717) is 17.9 Å². The Balaban J connectivity index is 1.79. The van der Waals surface area contributed by atoms with Crippen molar-refractivity contribution >= 4 is 16.2 Å². The smallest absolute Gasteiger partial charge is 0.282 e. The fourth-order valence-electron chi connectivity index (χ4n) is 2.23. The van der Waals surface area contributed by atoms with Gasteiger partial charge in [-0.25, -0.2) is 0 Å². The third-order valence-electron chi connectivity index (χ3n) is 3.53. The number of sulfonamides is 1. The fourth-order valence-corrected chi connectivity index (χ4v) is 3.11. The number of nitrogens with zero attached hydrogens (tertiary/aromatic N) is 1. The first-order valence-electron chi connectivity index (χ1n) is 7.76. The van der Waals surface area contributed by atoms with Gasteiger partial charge < -0.3 is 4.74 Å². The highest BCUT2D eigenvalue weighted by molar-refractivity contribution is 7.90. The number of benzene rings is 3. The molecule has 0 aliphatic heterocycles. The van der Waals surface area contributed by atoms with E-state index in [-0.39, 0.29) is 4.90 Å². The average molecular weight is 351 g/mol. The van der Waals surface area contributed by atoms with Crippen LogP contribution in [0, 0.1) is 0 Å². The summed E-state index contributed by atoms with van der Waals surface area (Å²) < 4.78 is 34.1. The number of hydrogen-bond donors (Lipinski definition) is 0. The quantitative estimate of drug-likeness (QED) is 0.629. The molecule has 3 aromatic carbocycles. The zero-order valence-electron chi connectivity index (χ0n) is 13.4. The first-order valence-corrected chi connectivity index (χ1v) is 9.20. The van der Waals surface area contributed by atoms with E-state index in [1.54, 1.807) is 30.3 Å². The minimum Gasteiger partial charge on any atom is -0.488 e. The van der Waals surface area contributed by atoms with Crippen LogP contribution in [0.5, 0.6) is 5.75 Å². The lowest BCUT2D eigenvalue weighted by Crippen LogP contribution is -2.00. The number of rotatable bonds is 6. The number of ether oxygens (including phenoxy) is 1. The van der Waals surface area contributed by atoms with Gasteiger partial charge >= 0.3 is 0 Å². The van der Waals surface area contributed by atoms with E-state index in [9.17, 15) is 8.42 Å². The van der Waals surface area contributed by atoms with Crippen molar-refractivity contribution < 1.29 is 13.2 Å². The molecule has 0 amide bonds. The molecule has 0 unspecified atom stereocenters. The zero-order valence-corrected chi connectivity index (χ0v) is 14.3.